The molecule has 1 aromatic heterocycles. The molecule has 3 aromatic rings. The zero-order valence-electron chi connectivity index (χ0n) is 22.5. The van der Waals surface area contributed by atoms with E-state index in [0.717, 1.165) is 18.4 Å². The molecule has 0 saturated carbocycles. The Hall–Kier alpha value is -4.01. The molecule has 0 aliphatic carbocycles. The zero-order chi connectivity index (χ0) is 31.6. The van der Waals surface area contributed by atoms with Gasteiger partial charge in [0.1, 0.15) is 27.9 Å². The van der Waals surface area contributed by atoms with E-state index in [1.54, 1.807) is 0 Å². The van der Waals surface area contributed by atoms with Gasteiger partial charge in [0.2, 0.25) is 5.88 Å². The van der Waals surface area contributed by atoms with Gasteiger partial charge in [0, 0.05) is 35.6 Å². The van der Waals surface area contributed by atoms with Crippen molar-refractivity contribution in [3.05, 3.63) is 70.9 Å². The highest BCUT2D eigenvalue weighted by Gasteiger charge is 2.42. The smallest absolute Gasteiger partial charge is 0.417 e. The van der Waals surface area contributed by atoms with E-state index in [4.69, 9.17) is 19.3 Å². The van der Waals surface area contributed by atoms with Gasteiger partial charge >= 0.3 is 18.3 Å². The molecule has 0 bridgehead atoms. The van der Waals surface area contributed by atoms with Crippen molar-refractivity contribution in [1.29, 1.82) is 0 Å². The second-order valence-electron chi connectivity index (χ2n) is 9.88. The maximum Gasteiger partial charge on any atom is 0.417 e. The molecule has 0 amide bonds. The third-order valence-corrected chi connectivity index (χ3v) is 7.45. The molecule has 1 N–H and O–H groups in total. The number of sulfone groups is 1. The van der Waals surface area contributed by atoms with Gasteiger partial charge in [-0.3, -0.25) is 4.79 Å². The Bertz CT molecular complexity index is 1570. The zero-order valence-corrected chi connectivity index (χ0v) is 23.3. The molecule has 232 valence electrons. The summed E-state index contributed by atoms with van der Waals surface area (Å²) in [6.45, 7) is -0.527. The van der Waals surface area contributed by atoms with E-state index >= 15 is 0 Å². The van der Waals surface area contributed by atoms with Crippen molar-refractivity contribution in [2.24, 2.45) is 0 Å². The number of pyridine rings is 1. The Morgan fingerprint density at radius 2 is 1.72 bits per heavy atom. The summed E-state index contributed by atoms with van der Waals surface area (Å²) in [6.07, 6.45) is -8.32. The van der Waals surface area contributed by atoms with E-state index in [9.17, 15) is 39.6 Å². The number of carboxylic acids is 1. The van der Waals surface area contributed by atoms with Gasteiger partial charge in [0.05, 0.1) is 36.5 Å². The maximum absolute atomic E-state index is 14.1. The Balaban J connectivity index is 1.61. The predicted molar refractivity (Wildman–Crippen MR) is 141 cm³/mol. The van der Waals surface area contributed by atoms with Crippen LogP contribution in [-0.4, -0.2) is 49.7 Å². The van der Waals surface area contributed by atoms with Gasteiger partial charge in [0.25, 0.3) is 0 Å². The summed E-state index contributed by atoms with van der Waals surface area (Å²) >= 11 is 0. The van der Waals surface area contributed by atoms with Crippen LogP contribution in [0.25, 0.3) is 11.1 Å². The minimum absolute atomic E-state index is 0.0597. The number of rotatable bonds is 11. The van der Waals surface area contributed by atoms with Crippen molar-refractivity contribution < 1.29 is 58.9 Å². The van der Waals surface area contributed by atoms with Crippen LogP contribution in [0.3, 0.4) is 0 Å². The summed E-state index contributed by atoms with van der Waals surface area (Å²) in [5.41, 5.74) is -3.80. The third kappa shape index (κ3) is 8.30. The summed E-state index contributed by atoms with van der Waals surface area (Å²) in [6, 6.07) is 7.34. The van der Waals surface area contributed by atoms with Gasteiger partial charge in [-0.25, -0.2) is 13.4 Å². The van der Waals surface area contributed by atoms with Crippen molar-refractivity contribution in [2.75, 3.05) is 25.2 Å². The molecule has 43 heavy (non-hydrogen) atoms. The number of hydrogen-bond donors (Lipinski definition) is 1. The molecule has 4 rings (SSSR count). The summed E-state index contributed by atoms with van der Waals surface area (Å²) in [4.78, 5) is 15.1. The van der Waals surface area contributed by atoms with E-state index in [1.807, 2.05) is 0 Å². The topological polar surface area (TPSA) is 112 Å². The van der Waals surface area contributed by atoms with Gasteiger partial charge in [-0.2, -0.15) is 26.3 Å². The molecule has 0 spiro atoms. The van der Waals surface area contributed by atoms with E-state index in [-0.39, 0.29) is 54.7 Å². The standard InChI is InChI=1S/C28H25F6NO7S/c1-43(38,39)7-3-6-40-19-10-21(27(29,30)31)26(22(11-19)28(32,33)34)17-5-2-4-16(8-17)14-42-24-12-23-20(13-35-24)18(15-41-23)9-25(36)37/h2,4-5,8,10-13,18H,3,6-7,9,14-15H2,1H3,(H,36,37). The number of nitrogens with zero attached hydrogens (tertiary/aromatic N) is 1. The summed E-state index contributed by atoms with van der Waals surface area (Å²) in [7, 11) is -3.40. The fourth-order valence-electron chi connectivity index (χ4n) is 4.54. The van der Waals surface area contributed by atoms with Crippen LogP contribution in [0.15, 0.2) is 48.7 Å². The summed E-state index contributed by atoms with van der Waals surface area (Å²) in [5.74, 6) is -2.02. The van der Waals surface area contributed by atoms with Crippen molar-refractivity contribution in [2.45, 2.75) is 37.7 Å². The van der Waals surface area contributed by atoms with Crippen LogP contribution in [0.1, 0.15) is 41.0 Å². The molecular formula is C28H25F6NO7S. The highest BCUT2D eigenvalue weighted by atomic mass is 32.2. The lowest BCUT2D eigenvalue weighted by Gasteiger charge is -2.21. The van der Waals surface area contributed by atoms with E-state index in [2.05, 4.69) is 4.98 Å². The van der Waals surface area contributed by atoms with Gasteiger partial charge in [-0.05, 0) is 35.7 Å². The van der Waals surface area contributed by atoms with E-state index in [1.165, 1.54) is 24.4 Å². The third-order valence-electron chi connectivity index (χ3n) is 6.42. The van der Waals surface area contributed by atoms with Crippen molar-refractivity contribution in [1.82, 2.24) is 4.98 Å². The number of aromatic nitrogens is 1. The molecule has 1 atom stereocenters. The van der Waals surface area contributed by atoms with Crippen LogP contribution < -0.4 is 14.2 Å². The second-order valence-corrected chi connectivity index (χ2v) is 12.1. The Kier molecular flexibility index (Phi) is 9.13. The molecule has 0 radical (unpaired) electrons. The molecule has 0 fully saturated rings. The Labute approximate surface area is 242 Å². The van der Waals surface area contributed by atoms with Crippen LogP contribution in [0.5, 0.6) is 17.4 Å². The molecule has 8 nitrogen and oxygen atoms in total. The first-order valence-corrected chi connectivity index (χ1v) is 14.8. The van der Waals surface area contributed by atoms with Crippen molar-refractivity contribution in [3.63, 3.8) is 0 Å². The van der Waals surface area contributed by atoms with Gasteiger partial charge in [-0.15, -0.1) is 0 Å². The maximum atomic E-state index is 14.1. The van der Waals surface area contributed by atoms with Gasteiger partial charge in [0.15, 0.2) is 0 Å². The Morgan fingerprint density at radius 1 is 1.05 bits per heavy atom. The number of hydrogen-bond acceptors (Lipinski definition) is 7. The SMILES string of the molecule is CS(=O)(=O)CCCOc1cc(C(F)(F)F)c(-c2cccc(COc3cc4c(cn3)C(CC(=O)O)CO4)c2)c(C(F)(F)F)c1. The summed E-state index contributed by atoms with van der Waals surface area (Å²) < 4.78 is 123. The number of benzene rings is 2. The molecule has 2 aromatic carbocycles. The number of halogens is 6. The molecule has 0 saturated heterocycles. The fraction of sp³-hybridized carbons (Fsp3) is 0.357. The number of ether oxygens (including phenoxy) is 3. The molecule has 1 aliphatic rings. The molecule has 1 aliphatic heterocycles. The van der Waals surface area contributed by atoms with Crippen LogP contribution in [0.2, 0.25) is 0 Å². The molecule has 1 unspecified atom stereocenters. The minimum atomic E-state index is -5.19. The second kappa shape index (κ2) is 12.3. The van der Waals surface area contributed by atoms with Crippen LogP contribution in [0.4, 0.5) is 26.3 Å². The minimum Gasteiger partial charge on any atom is -0.494 e. The van der Waals surface area contributed by atoms with Crippen LogP contribution in [0, 0.1) is 0 Å². The fourth-order valence-corrected chi connectivity index (χ4v) is 5.18. The first kappa shape index (κ1) is 31.9. The number of alkyl halides is 6. The van der Waals surface area contributed by atoms with E-state index in [0.29, 0.717) is 23.4 Å². The van der Waals surface area contributed by atoms with Gasteiger partial charge in [-0.1, -0.05) is 18.2 Å². The summed E-state index contributed by atoms with van der Waals surface area (Å²) in [5, 5.41) is 9.02. The monoisotopic (exact) mass is 633 g/mol. The number of aliphatic carboxylic acids is 1. The number of carbonyl (C=O) groups is 1. The molecular weight excluding hydrogens is 608 g/mol. The average Bonchev–Trinajstić information content (AvgIpc) is 3.29. The quantitative estimate of drug-likeness (QED) is 0.198. The lowest BCUT2D eigenvalue weighted by molar-refractivity contribution is -0.142. The normalized spacial score (nSPS) is 15.1. The molecule has 2 heterocycles. The Morgan fingerprint density at radius 3 is 2.33 bits per heavy atom. The first-order chi connectivity index (χ1) is 20.0. The highest BCUT2D eigenvalue weighted by Crippen LogP contribution is 2.47. The van der Waals surface area contributed by atoms with Crippen LogP contribution in [-0.2, 0) is 33.6 Å². The first-order valence-electron chi connectivity index (χ1n) is 12.7. The van der Waals surface area contributed by atoms with Crippen LogP contribution >= 0.6 is 0 Å². The lowest BCUT2D eigenvalue weighted by Crippen LogP contribution is -2.16. The predicted octanol–water partition coefficient (Wildman–Crippen LogP) is 6.13. The van der Waals surface area contributed by atoms with Crippen molar-refractivity contribution >= 4 is 15.8 Å². The van der Waals surface area contributed by atoms with Crippen molar-refractivity contribution in [3.8, 4) is 28.5 Å². The van der Waals surface area contributed by atoms with E-state index < -0.39 is 57.2 Å². The number of fused-ring (bicyclic) bond motifs is 1. The van der Waals surface area contributed by atoms with Gasteiger partial charge < -0.3 is 19.3 Å². The lowest BCUT2D eigenvalue weighted by atomic mass is 9.92. The average molecular weight is 634 g/mol. The molecule has 15 heteroatoms. The number of carboxylic acid groups (broad SMARTS) is 1. The highest BCUT2D eigenvalue weighted by molar-refractivity contribution is 7.90. The largest absolute Gasteiger partial charge is 0.494 e.